The summed E-state index contributed by atoms with van der Waals surface area (Å²) in [5.41, 5.74) is 2.10. The van der Waals surface area contributed by atoms with Crippen molar-refractivity contribution in [2.75, 3.05) is 7.11 Å². The molecule has 1 aliphatic rings. The molecule has 0 unspecified atom stereocenters. The number of rotatable bonds is 3. The Balaban J connectivity index is 2.13. The summed E-state index contributed by atoms with van der Waals surface area (Å²) < 4.78 is 5.17. The smallest absolute Gasteiger partial charge is 0.158 e. The number of allylic oxidation sites excluding steroid dienone is 2. The first-order valence-electron chi connectivity index (χ1n) is 5.65. The van der Waals surface area contributed by atoms with Gasteiger partial charge in [0.2, 0.25) is 0 Å². The first-order chi connectivity index (χ1) is 7.79. The number of carbonyl (C=O) groups is 1. The Labute approximate surface area is 95.9 Å². The Morgan fingerprint density at radius 2 is 2.25 bits per heavy atom. The first-order valence-corrected chi connectivity index (χ1v) is 5.65. The summed E-state index contributed by atoms with van der Waals surface area (Å²) >= 11 is 0. The third-order valence-electron chi connectivity index (χ3n) is 2.89. The van der Waals surface area contributed by atoms with Crippen molar-refractivity contribution in [3.05, 3.63) is 41.5 Å². The molecule has 84 valence electrons. The molecule has 0 amide bonds. The van der Waals surface area contributed by atoms with E-state index in [1.165, 1.54) is 0 Å². The maximum Gasteiger partial charge on any atom is 0.158 e. The Bertz CT molecular complexity index is 418. The second-order valence-electron chi connectivity index (χ2n) is 4.07. The molecular formula is C14H16O2. The van der Waals surface area contributed by atoms with Crippen LogP contribution in [0.25, 0.3) is 0 Å². The monoisotopic (exact) mass is 216 g/mol. The number of benzene rings is 1. The number of ether oxygens (including phenoxy) is 1. The van der Waals surface area contributed by atoms with Crippen molar-refractivity contribution in [1.82, 2.24) is 0 Å². The molecule has 0 N–H and O–H groups in total. The molecule has 2 rings (SSSR count). The average Bonchev–Trinajstić information content (AvgIpc) is 2.32. The molecule has 1 aromatic carbocycles. The van der Waals surface area contributed by atoms with Crippen molar-refractivity contribution in [1.29, 1.82) is 0 Å². The van der Waals surface area contributed by atoms with Crippen LogP contribution in [0.4, 0.5) is 0 Å². The largest absolute Gasteiger partial charge is 0.497 e. The summed E-state index contributed by atoms with van der Waals surface area (Å²) in [7, 11) is 1.66. The van der Waals surface area contributed by atoms with E-state index < -0.39 is 0 Å². The minimum atomic E-state index is 0.300. The molecule has 0 aromatic heterocycles. The maximum atomic E-state index is 11.7. The highest BCUT2D eigenvalue weighted by atomic mass is 16.5. The van der Waals surface area contributed by atoms with Gasteiger partial charge in [0.1, 0.15) is 5.75 Å². The Morgan fingerprint density at radius 3 is 3.00 bits per heavy atom. The Morgan fingerprint density at radius 1 is 1.38 bits per heavy atom. The summed E-state index contributed by atoms with van der Waals surface area (Å²) in [6.07, 6.45) is 5.54. The fraction of sp³-hybridized carbons (Fsp3) is 0.357. The minimum Gasteiger partial charge on any atom is -0.497 e. The zero-order valence-electron chi connectivity index (χ0n) is 9.53. The van der Waals surface area contributed by atoms with E-state index in [1.807, 2.05) is 24.3 Å². The van der Waals surface area contributed by atoms with Gasteiger partial charge in [-0.05, 0) is 36.1 Å². The van der Waals surface area contributed by atoms with Crippen LogP contribution in [0.3, 0.4) is 0 Å². The van der Waals surface area contributed by atoms with Gasteiger partial charge < -0.3 is 4.74 Å². The zero-order valence-corrected chi connectivity index (χ0v) is 9.53. The summed E-state index contributed by atoms with van der Waals surface area (Å²) in [6.45, 7) is 0. The Hall–Kier alpha value is -1.57. The third-order valence-corrected chi connectivity index (χ3v) is 2.89. The fourth-order valence-electron chi connectivity index (χ4n) is 1.99. The molecule has 0 atom stereocenters. The molecule has 0 saturated heterocycles. The number of ketones is 1. The van der Waals surface area contributed by atoms with Gasteiger partial charge >= 0.3 is 0 Å². The van der Waals surface area contributed by atoms with Crippen molar-refractivity contribution >= 4 is 5.78 Å². The first kappa shape index (κ1) is 10.9. The summed E-state index contributed by atoms with van der Waals surface area (Å²) in [6, 6.07) is 7.90. The molecule has 0 bridgehead atoms. The quantitative estimate of drug-likeness (QED) is 0.776. The average molecular weight is 216 g/mol. The van der Waals surface area contributed by atoms with Crippen LogP contribution >= 0.6 is 0 Å². The predicted octanol–water partition coefficient (Wildman–Crippen LogP) is 2.92. The second-order valence-corrected chi connectivity index (χ2v) is 4.07. The van der Waals surface area contributed by atoms with E-state index in [2.05, 4.69) is 6.08 Å². The van der Waals surface area contributed by atoms with E-state index in [4.69, 9.17) is 4.74 Å². The van der Waals surface area contributed by atoms with E-state index in [0.717, 1.165) is 36.1 Å². The fourth-order valence-corrected chi connectivity index (χ4v) is 1.99. The van der Waals surface area contributed by atoms with Crippen LogP contribution < -0.4 is 4.74 Å². The molecule has 16 heavy (non-hydrogen) atoms. The number of hydrogen-bond acceptors (Lipinski definition) is 2. The normalized spacial score (nSPS) is 15.8. The van der Waals surface area contributed by atoms with Gasteiger partial charge in [0.05, 0.1) is 7.11 Å². The van der Waals surface area contributed by atoms with Crippen molar-refractivity contribution in [2.24, 2.45) is 0 Å². The van der Waals surface area contributed by atoms with E-state index in [1.54, 1.807) is 7.11 Å². The second kappa shape index (κ2) is 4.97. The van der Waals surface area contributed by atoms with Crippen LogP contribution in [-0.2, 0) is 11.2 Å². The van der Waals surface area contributed by atoms with Gasteiger partial charge in [0, 0.05) is 12.8 Å². The molecular weight excluding hydrogens is 200 g/mol. The molecule has 0 spiro atoms. The van der Waals surface area contributed by atoms with E-state index >= 15 is 0 Å². The molecule has 0 fully saturated rings. The lowest BCUT2D eigenvalue weighted by Gasteiger charge is -2.12. The van der Waals surface area contributed by atoms with E-state index in [-0.39, 0.29) is 0 Å². The standard InChI is InChI=1S/C14H16O2/c1-16-13-7-4-5-11(10-13)9-12-6-2-3-8-14(12)15/h4-7,10H,2-3,8-9H2,1H3. The van der Waals surface area contributed by atoms with Gasteiger partial charge in [-0.15, -0.1) is 0 Å². The van der Waals surface area contributed by atoms with Crippen LogP contribution in [0.15, 0.2) is 35.9 Å². The SMILES string of the molecule is COc1cccc(CC2=CCCCC2=O)c1. The molecule has 2 nitrogen and oxygen atoms in total. The molecule has 0 aliphatic heterocycles. The number of carbonyl (C=O) groups excluding carboxylic acids is 1. The van der Waals surface area contributed by atoms with Gasteiger partial charge in [-0.2, -0.15) is 0 Å². The van der Waals surface area contributed by atoms with E-state index in [9.17, 15) is 4.79 Å². The zero-order chi connectivity index (χ0) is 11.4. The van der Waals surface area contributed by atoms with Gasteiger partial charge in [-0.1, -0.05) is 18.2 Å². The molecule has 2 heteroatoms. The molecule has 1 aromatic rings. The van der Waals surface area contributed by atoms with Crippen LogP contribution in [0.2, 0.25) is 0 Å². The Kier molecular flexibility index (Phi) is 3.40. The van der Waals surface area contributed by atoms with Gasteiger partial charge in [-0.3, -0.25) is 4.79 Å². The summed E-state index contributed by atoms with van der Waals surface area (Å²) in [5.74, 6) is 1.15. The van der Waals surface area contributed by atoms with Crippen molar-refractivity contribution in [3.8, 4) is 5.75 Å². The molecule has 0 heterocycles. The third kappa shape index (κ3) is 2.51. The highest BCUT2D eigenvalue weighted by Gasteiger charge is 2.13. The van der Waals surface area contributed by atoms with Crippen LogP contribution in [0, 0.1) is 0 Å². The van der Waals surface area contributed by atoms with Gasteiger partial charge in [0.25, 0.3) is 0 Å². The molecule has 0 saturated carbocycles. The van der Waals surface area contributed by atoms with Crippen LogP contribution in [0.5, 0.6) is 5.75 Å². The molecule has 0 radical (unpaired) electrons. The number of methoxy groups -OCH3 is 1. The summed E-state index contributed by atoms with van der Waals surface area (Å²) in [5, 5.41) is 0. The maximum absolute atomic E-state index is 11.7. The van der Waals surface area contributed by atoms with Crippen LogP contribution in [-0.4, -0.2) is 12.9 Å². The summed E-state index contributed by atoms with van der Waals surface area (Å²) in [4.78, 5) is 11.7. The van der Waals surface area contributed by atoms with Crippen molar-refractivity contribution < 1.29 is 9.53 Å². The lowest BCUT2D eigenvalue weighted by Crippen LogP contribution is -2.09. The van der Waals surface area contributed by atoms with Crippen LogP contribution in [0.1, 0.15) is 24.8 Å². The lowest BCUT2D eigenvalue weighted by molar-refractivity contribution is -0.116. The topological polar surface area (TPSA) is 26.3 Å². The predicted molar refractivity (Wildman–Crippen MR) is 63.6 cm³/mol. The number of hydrogen-bond donors (Lipinski definition) is 0. The lowest BCUT2D eigenvalue weighted by atomic mass is 9.93. The highest BCUT2D eigenvalue weighted by molar-refractivity contribution is 5.96. The minimum absolute atomic E-state index is 0.300. The molecule has 1 aliphatic carbocycles. The van der Waals surface area contributed by atoms with Crippen molar-refractivity contribution in [2.45, 2.75) is 25.7 Å². The highest BCUT2D eigenvalue weighted by Crippen LogP contribution is 2.20. The number of Topliss-reactive ketones (excluding diaryl/α,β-unsaturated/α-hetero) is 1. The van der Waals surface area contributed by atoms with Gasteiger partial charge in [-0.25, -0.2) is 0 Å². The van der Waals surface area contributed by atoms with Crippen molar-refractivity contribution in [3.63, 3.8) is 0 Å². The van der Waals surface area contributed by atoms with Gasteiger partial charge in [0.15, 0.2) is 5.78 Å². The van der Waals surface area contributed by atoms with E-state index in [0.29, 0.717) is 12.2 Å².